The van der Waals surface area contributed by atoms with Crippen LogP contribution in [0.4, 0.5) is 0 Å². The van der Waals surface area contributed by atoms with Crippen LogP contribution in [0.5, 0.6) is 0 Å². The maximum Gasteiger partial charge on any atom is 0.317 e. The second-order valence-corrected chi connectivity index (χ2v) is 34.2. The topological polar surface area (TPSA) is 691 Å². The van der Waals surface area contributed by atoms with Gasteiger partial charge in [-0.2, -0.15) is 0 Å². The number of aliphatic carboxylic acids is 12. The molecule has 0 unspecified atom stereocenters. The Hall–Kier alpha value is -10.2. The molecule has 4 heterocycles. The van der Waals surface area contributed by atoms with Gasteiger partial charge >= 0.3 is 71.6 Å². The lowest BCUT2D eigenvalue weighted by atomic mass is 10.1. The number of nitrogens with two attached hydrogens (primary N) is 1. The number of amides is 6. The Morgan fingerprint density at radius 3 is 0.622 bits per heavy atom. The van der Waals surface area contributed by atoms with E-state index in [0.29, 0.717) is 19.3 Å². The second kappa shape index (κ2) is 65.5. The normalized spacial score (nSPS) is 19.1. The monoisotopic (exact) mass is 1930 g/mol. The van der Waals surface area contributed by atoms with Crippen LogP contribution in [0, 0.1) is 0 Å². The van der Waals surface area contributed by atoms with Crippen molar-refractivity contribution in [1.29, 1.82) is 0 Å². The smallest absolute Gasteiger partial charge is 0.317 e. The molecule has 19 N–H and O–H groups in total. The third-order valence-corrected chi connectivity index (χ3v) is 23.1. The van der Waals surface area contributed by atoms with Crippen molar-refractivity contribution < 1.29 is 148 Å². The summed E-state index contributed by atoms with van der Waals surface area (Å²) in [5, 5.41) is 133. The van der Waals surface area contributed by atoms with Gasteiger partial charge < -0.3 is 98.5 Å². The van der Waals surface area contributed by atoms with Crippen molar-refractivity contribution in [1.82, 2.24) is 110 Å². The Morgan fingerprint density at radius 1 is 0.252 bits per heavy atom. The highest BCUT2D eigenvalue weighted by atomic mass is 16.4. The Morgan fingerprint density at radius 2 is 0.437 bits per heavy atom. The highest BCUT2D eigenvalue weighted by molar-refractivity contribution is 5.90. The van der Waals surface area contributed by atoms with Gasteiger partial charge in [-0.15, -0.1) is 0 Å². The number of carbonyl (C=O) groups is 18. The van der Waals surface area contributed by atoms with Crippen LogP contribution in [0.2, 0.25) is 0 Å². The van der Waals surface area contributed by atoms with E-state index in [0.717, 1.165) is 0 Å². The highest BCUT2D eigenvalue weighted by Crippen LogP contribution is 2.13. The molecule has 4 fully saturated rings. The maximum atomic E-state index is 15.2. The van der Waals surface area contributed by atoms with E-state index >= 15 is 14.4 Å². The van der Waals surface area contributed by atoms with Crippen molar-refractivity contribution >= 4 is 107 Å². The first kappa shape index (κ1) is 117. The molecule has 0 aromatic carbocycles. The zero-order chi connectivity index (χ0) is 99.9. The molecule has 0 aromatic rings. The lowest BCUT2D eigenvalue weighted by molar-refractivity contribution is -0.140. The van der Waals surface area contributed by atoms with E-state index in [-0.39, 0.29) is 281 Å². The summed E-state index contributed by atoms with van der Waals surface area (Å²) in [6.45, 7) is -4.97. The third-order valence-electron chi connectivity index (χ3n) is 23.1. The first-order valence-corrected chi connectivity index (χ1v) is 45.7. The van der Waals surface area contributed by atoms with E-state index in [1.807, 2.05) is 0 Å². The molecule has 4 aliphatic rings. The van der Waals surface area contributed by atoms with Crippen molar-refractivity contribution in [3.8, 4) is 0 Å². The SMILES string of the molecule is CCCC(=O)N[C@@H](CCCCN)C(=O)N(CCCNC(=O)[C@@H](CN1CCN(CC(=O)O)CCN(CC(=O)O)CCN(CC(=O)O)CC1)NC(=O)CN1CCN(CC(=O)O)CCN(CC(=O)O)CCN(CC(=O)O)CC1)CCCNC(=O)[C@@H](CN1CCN(CC(=O)O)CCN(CC(=O)O)CCN(CC(=O)O)CC1)NC(=O)CN1CCN(CC(=O)O)CCN(CC(=O)O)CCN(CC(=O)O)CC1. The van der Waals surface area contributed by atoms with Crippen LogP contribution in [0.25, 0.3) is 0 Å². The van der Waals surface area contributed by atoms with Gasteiger partial charge in [-0.3, -0.25) is 165 Å². The zero-order valence-corrected chi connectivity index (χ0v) is 77.6. The maximum absolute atomic E-state index is 15.2. The quantitative estimate of drug-likeness (QED) is 0.0252. The number of nitrogens with one attached hydrogen (secondary N) is 5. The fraction of sp³-hybridized carbons (Fsp3) is 0.780. The lowest BCUT2D eigenvalue weighted by Crippen LogP contribution is -2.57. The summed E-state index contributed by atoms with van der Waals surface area (Å²) in [6.07, 6.45) is 1.35. The predicted octanol–water partition coefficient (Wildman–Crippen LogP) is -10.9. The summed E-state index contributed by atoms with van der Waals surface area (Å²) in [4.78, 5) is 261. The van der Waals surface area contributed by atoms with E-state index in [1.54, 1.807) is 85.3 Å². The molecule has 0 aliphatic carbocycles. The fourth-order valence-electron chi connectivity index (χ4n) is 16.0. The van der Waals surface area contributed by atoms with Crippen LogP contribution >= 0.6 is 0 Å². The zero-order valence-electron chi connectivity index (χ0n) is 77.6. The Labute approximate surface area is 784 Å². The average molecular weight is 1930 g/mol. The van der Waals surface area contributed by atoms with Crippen molar-refractivity contribution in [3.05, 3.63) is 0 Å². The number of unbranched alkanes of at least 4 members (excludes halogenated alkanes) is 1. The highest BCUT2D eigenvalue weighted by Gasteiger charge is 2.34. The van der Waals surface area contributed by atoms with E-state index in [9.17, 15) is 133 Å². The minimum Gasteiger partial charge on any atom is -0.480 e. The van der Waals surface area contributed by atoms with Gasteiger partial charge in [0, 0.05) is 255 Å². The summed E-state index contributed by atoms with van der Waals surface area (Å²) >= 11 is 0. The molecule has 135 heavy (non-hydrogen) atoms. The molecule has 4 saturated heterocycles. The van der Waals surface area contributed by atoms with Gasteiger partial charge in [-0.05, 0) is 45.1 Å². The molecule has 3 atom stereocenters. The van der Waals surface area contributed by atoms with Gasteiger partial charge in [0.05, 0.1) is 91.6 Å². The molecule has 53 heteroatoms. The number of carbonyl (C=O) groups excluding carboxylic acids is 6. The number of carboxylic acid groups (broad SMARTS) is 12. The average Bonchev–Trinajstić information content (AvgIpc) is 0.870. The number of hydrogen-bond acceptors (Lipinski definition) is 35. The van der Waals surface area contributed by atoms with Gasteiger partial charge in [0.15, 0.2) is 0 Å². The summed E-state index contributed by atoms with van der Waals surface area (Å²) in [5.74, 6) is -18.5. The third kappa shape index (κ3) is 54.4. The minimum absolute atomic E-state index is 0.000114. The molecule has 0 saturated carbocycles. The largest absolute Gasteiger partial charge is 0.480 e. The summed E-state index contributed by atoms with van der Waals surface area (Å²) in [6, 6.07) is -4.11. The number of nitrogens with zero attached hydrogens (tertiary/aromatic N) is 17. The number of carboxylic acids is 12. The van der Waals surface area contributed by atoms with Gasteiger partial charge in [0.2, 0.25) is 35.4 Å². The molecule has 768 valence electrons. The number of hydrogen-bond donors (Lipinski definition) is 18. The fourth-order valence-corrected chi connectivity index (χ4v) is 16.0. The first-order valence-electron chi connectivity index (χ1n) is 45.7. The molecule has 4 rings (SSSR count). The molecule has 53 nitrogen and oxygen atoms in total. The summed E-state index contributed by atoms with van der Waals surface area (Å²) < 4.78 is 0. The molecule has 0 bridgehead atoms. The Kier molecular flexibility index (Phi) is 56.8. The molecule has 0 radical (unpaired) electrons. The Balaban J connectivity index is 1.81. The number of rotatable bonds is 52. The predicted molar refractivity (Wildman–Crippen MR) is 480 cm³/mol. The molecular formula is C82H145N23O30. The van der Waals surface area contributed by atoms with Gasteiger partial charge in [-0.1, -0.05) is 6.92 Å². The molecule has 0 spiro atoms. The van der Waals surface area contributed by atoms with Crippen LogP contribution in [0.3, 0.4) is 0 Å². The van der Waals surface area contributed by atoms with Crippen molar-refractivity contribution in [2.45, 2.75) is 70.0 Å². The van der Waals surface area contributed by atoms with Crippen LogP contribution in [0.15, 0.2) is 0 Å². The van der Waals surface area contributed by atoms with Gasteiger partial charge in [0.25, 0.3) is 0 Å². The summed E-state index contributed by atoms with van der Waals surface area (Å²) in [5.41, 5.74) is 5.92. The van der Waals surface area contributed by atoms with Gasteiger partial charge in [0.1, 0.15) is 18.1 Å². The molecule has 6 amide bonds. The second-order valence-electron chi connectivity index (χ2n) is 34.2. The van der Waals surface area contributed by atoms with Crippen LogP contribution < -0.4 is 32.3 Å². The van der Waals surface area contributed by atoms with E-state index in [1.165, 1.54) is 4.90 Å². The van der Waals surface area contributed by atoms with E-state index in [2.05, 4.69) is 26.6 Å². The van der Waals surface area contributed by atoms with E-state index < -0.39 is 217 Å². The molecule has 4 aliphatic heterocycles. The van der Waals surface area contributed by atoms with E-state index in [4.69, 9.17) is 5.73 Å². The minimum atomic E-state index is -1.49. The van der Waals surface area contributed by atoms with Crippen LogP contribution in [-0.2, 0) is 86.3 Å². The standard InChI is InChI=1S/C82H145N23O30/c1-2-7-65(106)86-62(8-3-4-9-83)82(135)105(12-5-10-84-80(133)63(46-89-14-22-93(50-68(109)110)30-38-101(58-76(125)126)39-31-94(23-15-89)51-69(111)112)87-66(107)48-91-18-26-97(54-72(117)118)34-42-103(60-78(129)130)43-35-98(27-19-91)55-73(119)120)13-6-11-85-81(134)64(47-90-16-24-95(52-70(113)114)32-40-102(59-77(127)128)41-33-96(25-17-90)53-71(115)116)88-67(108)49-92-20-28-99(56-74(121)122)36-44-104(61-79(131)132)45-37-100(29-21-92)57-75(123)124/h62-64H,2-61,83H2,1H3,(H,84,133)(H,85,134)(H,86,106)(H,87,107)(H,88,108)(H,109,110)(H,111,112)(H,113,114)(H,115,116)(H,117,118)(H,119,120)(H,121,122)(H,123,124)(H,125,126)(H,127,128)(H,129,130)(H,131,132)/t62-,63+,64+/m0/s1. The van der Waals surface area contributed by atoms with Crippen molar-refractivity contribution in [2.75, 3.05) is 347 Å². The van der Waals surface area contributed by atoms with Crippen molar-refractivity contribution in [2.24, 2.45) is 5.73 Å². The Bertz CT molecular complexity index is 3440. The first-order chi connectivity index (χ1) is 64.1. The van der Waals surface area contributed by atoms with Crippen LogP contribution in [-0.4, -0.2) is 617 Å². The van der Waals surface area contributed by atoms with Crippen molar-refractivity contribution in [3.63, 3.8) is 0 Å². The molecular weight excluding hydrogens is 1790 g/mol. The van der Waals surface area contributed by atoms with Crippen LogP contribution in [0.1, 0.15) is 51.9 Å². The molecule has 0 aromatic heterocycles. The van der Waals surface area contributed by atoms with Gasteiger partial charge in [-0.25, -0.2) is 0 Å². The summed E-state index contributed by atoms with van der Waals surface area (Å²) in [7, 11) is 0. The lowest BCUT2D eigenvalue weighted by Gasteiger charge is -2.35.